The van der Waals surface area contributed by atoms with Crippen LogP contribution in [0.1, 0.15) is 13.3 Å². The summed E-state index contributed by atoms with van der Waals surface area (Å²) in [6.45, 7) is 1.65. The van der Waals surface area contributed by atoms with Gasteiger partial charge in [0.05, 0.1) is 31.3 Å². The van der Waals surface area contributed by atoms with Crippen molar-refractivity contribution in [1.82, 2.24) is 4.48 Å². The first kappa shape index (κ1) is 16.1. The van der Waals surface area contributed by atoms with Gasteiger partial charge in [0.15, 0.2) is 0 Å². The minimum absolute atomic E-state index is 0.243. The van der Waals surface area contributed by atoms with Gasteiger partial charge in [-0.25, -0.2) is 8.42 Å². The standard InChI is InChI=1S/C9H14N.C3H8O3S/c1-10(2,3)9-7-5-4-6-8-9;1-2-3-7(4,5)6/h4-8H,1-3H3;2-3H2,1H3,(H,4,5,6)/q+1;/p-1. The summed E-state index contributed by atoms with van der Waals surface area (Å²) in [6, 6.07) is 10.5. The number of hydrogen-bond acceptors (Lipinski definition) is 3. The maximum atomic E-state index is 9.68. The summed E-state index contributed by atoms with van der Waals surface area (Å²) in [5, 5.41) is 0. The maximum absolute atomic E-state index is 9.68. The van der Waals surface area contributed by atoms with Gasteiger partial charge in [-0.05, 0) is 18.6 Å². The summed E-state index contributed by atoms with van der Waals surface area (Å²) in [4.78, 5) is 0. The summed E-state index contributed by atoms with van der Waals surface area (Å²) in [7, 11) is 2.56. The molecule has 0 radical (unpaired) electrons. The van der Waals surface area contributed by atoms with Crippen LogP contribution in [-0.4, -0.2) is 39.9 Å². The Morgan fingerprint density at radius 1 is 1.12 bits per heavy atom. The molecule has 0 aliphatic heterocycles. The molecular weight excluding hydrogens is 238 g/mol. The molecule has 0 heterocycles. The fraction of sp³-hybridized carbons (Fsp3) is 0.500. The number of para-hydroxylation sites is 1. The van der Waals surface area contributed by atoms with E-state index in [1.165, 1.54) is 5.69 Å². The van der Waals surface area contributed by atoms with Crippen LogP contribution in [0, 0.1) is 0 Å². The lowest BCUT2D eigenvalue weighted by atomic mass is 10.3. The molecule has 0 aliphatic carbocycles. The lowest BCUT2D eigenvalue weighted by molar-refractivity contribution is 0.462. The van der Waals surface area contributed by atoms with Gasteiger partial charge in [-0.15, -0.1) is 0 Å². The fourth-order valence-electron chi connectivity index (χ4n) is 1.13. The summed E-state index contributed by atoms with van der Waals surface area (Å²) >= 11 is 0. The van der Waals surface area contributed by atoms with Crippen molar-refractivity contribution in [3.05, 3.63) is 30.3 Å². The second kappa shape index (κ2) is 6.74. The van der Waals surface area contributed by atoms with Crippen molar-refractivity contribution in [3.63, 3.8) is 0 Å². The van der Waals surface area contributed by atoms with Crippen molar-refractivity contribution in [2.45, 2.75) is 13.3 Å². The molecular formula is C12H21NO3S. The summed E-state index contributed by atoms with van der Waals surface area (Å²) < 4.78 is 29.9. The molecule has 0 bridgehead atoms. The predicted molar refractivity (Wildman–Crippen MR) is 70.9 cm³/mol. The SMILES string of the molecule is CCCS(=O)(=O)[O-].C[N+](C)(C)c1ccccc1. The minimum Gasteiger partial charge on any atom is -0.748 e. The molecule has 1 aromatic rings. The topological polar surface area (TPSA) is 57.2 Å². The average molecular weight is 259 g/mol. The van der Waals surface area contributed by atoms with Gasteiger partial charge in [-0.1, -0.05) is 25.1 Å². The second-order valence-electron chi connectivity index (χ2n) is 4.61. The van der Waals surface area contributed by atoms with Gasteiger partial charge in [0.1, 0.15) is 5.69 Å². The van der Waals surface area contributed by atoms with Gasteiger partial charge in [0.25, 0.3) is 0 Å². The highest BCUT2D eigenvalue weighted by atomic mass is 32.2. The predicted octanol–water partition coefficient (Wildman–Crippen LogP) is 1.82. The molecule has 0 fully saturated rings. The Kier molecular flexibility index (Phi) is 6.37. The largest absolute Gasteiger partial charge is 0.748 e. The van der Waals surface area contributed by atoms with Crippen LogP contribution in [0.3, 0.4) is 0 Å². The van der Waals surface area contributed by atoms with Gasteiger partial charge in [0.2, 0.25) is 0 Å². The van der Waals surface area contributed by atoms with Gasteiger partial charge in [-0.3, -0.25) is 4.48 Å². The zero-order valence-electron chi connectivity index (χ0n) is 10.9. The van der Waals surface area contributed by atoms with Crippen LogP contribution >= 0.6 is 0 Å². The number of nitrogens with zero attached hydrogens (tertiary/aromatic N) is 1. The third kappa shape index (κ3) is 8.85. The number of hydrogen-bond donors (Lipinski definition) is 0. The molecule has 1 rings (SSSR count). The van der Waals surface area contributed by atoms with Crippen molar-refractivity contribution in [3.8, 4) is 0 Å². The zero-order chi connectivity index (χ0) is 13.5. The number of benzene rings is 1. The summed E-state index contributed by atoms with van der Waals surface area (Å²) in [5.41, 5.74) is 1.34. The van der Waals surface area contributed by atoms with E-state index in [0.29, 0.717) is 6.42 Å². The third-order valence-electron chi connectivity index (χ3n) is 1.98. The first-order valence-electron chi connectivity index (χ1n) is 5.47. The van der Waals surface area contributed by atoms with Crippen molar-refractivity contribution in [2.75, 3.05) is 26.9 Å². The Morgan fingerprint density at radius 3 is 1.76 bits per heavy atom. The third-order valence-corrected chi connectivity index (χ3v) is 2.89. The Labute approximate surface area is 104 Å². The van der Waals surface area contributed by atoms with Crippen LogP contribution in [0.2, 0.25) is 0 Å². The molecule has 0 amide bonds. The molecule has 0 unspecified atom stereocenters. The molecule has 0 saturated heterocycles. The molecule has 4 nitrogen and oxygen atoms in total. The van der Waals surface area contributed by atoms with E-state index in [1.807, 2.05) is 6.07 Å². The highest BCUT2D eigenvalue weighted by molar-refractivity contribution is 7.85. The quantitative estimate of drug-likeness (QED) is 0.614. The fourth-order valence-corrected chi connectivity index (χ4v) is 1.63. The Balaban J connectivity index is 0.000000325. The van der Waals surface area contributed by atoms with Crippen LogP contribution in [0.4, 0.5) is 5.69 Å². The molecule has 0 aliphatic rings. The highest BCUT2D eigenvalue weighted by Gasteiger charge is 2.08. The minimum atomic E-state index is -3.92. The molecule has 0 atom stereocenters. The normalized spacial score (nSPS) is 11.6. The van der Waals surface area contributed by atoms with E-state index in [1.54, 1.807) is 6.92 Å². The van der Waals surface area contributed by atoms with E-state index in [0.717, 1.165) is 4.48 Å². The lowest BCUT2D eigenvalue weighted by Crippen LogP contribution is -2.34. The first-order valence-corrected chi connectivity index (χ1v) is 7.05. The average Bonchev–Trinajstić information content (AvgIpc) is 2.17. The smallest absolute Gasteiger partial charge is 0.132 e. The van der Waals surface area contributed by atoms with Crippen LogP contribution in [0.25, 0.3) is 0 Å². The zero-order valence-corrected chi connectivity index (χ0v) is 11.7. The van der Waals surface area contributed by atoms with Crippen LogP contribution in [-0.2, 0) is 10.1 Å². The van der Waals surface area contributed by atoms with Crippen molar-refractivity contribution >= 4 is 15.8 Å². The van der Waals surface area contributed by atoms with Crippen LogP contribution in [0.5, 0.6) is 0 Å². The van der Waals surface area contributed by atoms with Crippen molar-refractivity contribution in [2.24, 2.45) is 0 Å². The van der Waals surface area contributed by atoms with Crippen LogP contribution < -0.4 is 4.48 Å². The van der Waals surface area contributed by atoms with E-state index in [2.05, 4.69) is 45.4 Å². The number of rotatable bonds is 3. The van der Waals surface area contributed by atoms with E-state index >= 15 is 0 Å². The molecule has 0 saturated carbocycles. The lowest BCUT2D eigenvalue weighted by Gasteiger charge is -2.22. The van der Waals surface area contributed by atoms with E-state index in [4.69, 9.17) is 0 Å². The summed E-state index contributed by atoms with van der Waals surface area (Å²) in [6.07, 6.45) is 0.409. The number of quaternary nitrogens is 1. The second-order valence-corrected chi connectivity index (χ2v) is 6.13. The van der Waals surface area contributed by atoms with Gasteiger partial charge in [-0.2, -0.15) is 0 Å². The molecule has 0 spiro atoms. The maximum Gasteiger partial charge on any atom is 0.132 e. The highest BCUT2D eigenvalue weighted by Crippen LogP contribution is 2.14. The van der Waals surface area contributed by atoms with E-state index in [-0.39, 0.29) is 5.75 Å². The van der Waals surface area contributed by atoms with E-state index < -0.39 is 10.1 Å². The van der Waals surface area contributed by atoms with E-state index in [9.17, 15) is 13.0 Å². The van der Waals surface area contributed by atoms with Gasteiger partial charge in [0, 0.05) is 5.75 Å². The molecule has 0 aromatic heterocycles. The molecule has 0 N–H and O–H groups in total. The molecule has 1 aromatic carbocycles. The Hall–Kier alpha value is -0.910. The molecule has 17 heavy (non-hydrogen) atoms. The van der Waals surface area contributed by atoms with Gasteiger partial charge >= 0.3 is 0 Å². The van der Waals surface area contributed by atoms with Crippen molar-refractivity contribution < 1.29 is 13.0 Å². The van der Waals surface area contributed by atoms with Crippen LogP contribution in [0.15, 0.2) is 30.3 Å². The Bertz CT molecular complexity index is 407. The van der Waals surface area contributed by atoms with Crippen molar-refractivity contribution in [1.29, 1.82) is 0 Å². The monoisotopic (exact) mass is 259 g/mol. The molecule has 5 heteroatoms. The Morgan fingerprint density at radius 2 is 1.59 bits per heavy atom. The molecule has 98 valence electrons. The summed E-state index contributed by atoms with van der Waals surface area (Å²) in [5.74, 6) is -0.243. The van der Waals surface area contributed by atoms with Gasteiger partial charge < -0.3 is 4.55 Å². The first-order chi connectivity index (χ1) is 7.67.